The van der Waals surface area contributed by atoms with E-state index >= 15 is 0 Å². The van der Waals surface area contributed by atoms with Crippen LogP contribution in [0.25, 0.3) is 0 Å². The first-order valence-corrected chi connectivity index (χ1v) is 6.03. The molecule has 1 aliphatic carbocycles. The lowest BCUT2D eigenvalue weighted by Gasteiger charge is -2.19. The molecule has 1 aromatic carbocycles. The van der Waals surface area contributed by atoms with Gasteiger partial charge < -0.3 is 9.57 Å². The molecule has 0 aromatic heterocycles. The summed E-state index contributed by atoms with van der Waals surface area (Å²) < 4.78 is 39.9. The van der Waals surface area contributed by atoms with E-state index in [-0.39, 0.29) is 12.4 Å². The number of hydrogen-bond donors (Lipinski definition) is 0. The Labute approximate surface area is 109 Å². The second-order valence-corrected chi connectivity index (χ2v) is 4.41. The summed E-state index contributed by atoms with van der Waals surface area (Å²) in [5.74, 6) is 0.233. The molecule has 1 fully saturated rings. The Morgan fingerprint density at radius 3 is 2.74 bits per heavy atom. The Bertz CT molecular complexity index is 442. The summed E-state index contributed by atoms with van der Waals surface area (Å²) >= 11 is 0. The van der Waals surface area contributed by atoms with E-state index in [1.165, 1.54) is 24.6 Å². The summed E-state index contributed by atoms with van der Waals surface area (Å²) in [4.78, 5) is 5.04. The maximum absolute atomic E-state index is 12.0. The van der Waals surface area contributed by atoms with Gasteiger partial charge in [-0.15, -0.1) is 13.2 Å². The largest absolute Gasteiger partial charge is 0.573 e. The minimum atomic E-state index is -4.68. The van der Waals surface area contributed by atoms with Crippen LogP contribution in [0.15, 0.2) is 29.4 Å². The molecule has 0 bridgehead atoms. The van der Waals surface area contributed by atoms with Crippen molar-refractivity contribution in [2.24, 2.45) is 11.1 Å². The van der Waals surface area contributed by atoms with Crippen molar-refractivity contribution in [2.75, 3.05) is 0 Å². The molecule has 2 rings (SSSR count). The van der Waals surface area contributed by atoms with Crippen molar-refractivity contribution in [3.63, 3.8) is 0 Å². The van der Waals surface area contributed by atoms with Gasteiger partial charge in [0, 0.05) is 6.21 Å². The summed E-state index contributed by atoms with van der Waals surface area (Å²) in [5, 5.41) is 3.80. The van der Waals surface area contributed by atoms with Crippen molar-refractivity contribution < 1.29 is 22.7 Å². The van der Waals surface area contributed by atoms with Gasteiger partial charge in [0.05, 0.1) is 0 Å². The van der Waals surface area contributed by atoms with E-state index in [9.17, 15) is 13.2 Å². The molecule has 0 atom stereocenters. The molecule has 0 radical (unpaired) electrons. The molecule has 104 valence electrons. The number of alkyl halides is 3. The zero-order valence-corrected chi connectivity index (χ0v) is 10.2. The molecule has 1 aromatic rings. The fraction of sp³-hybridized carbons (Fsp3) is 0.462. The molecule has 0 unspecified atom stereocenters. The highest BCUT2D eigenvalue weighted by Gasteiger charge is 2.31. The molecule has 0 spiro atoms. The molecule has 1 saturated carbocycles. The minimum absolute atomic E-state index is 0.123. The lowest BCUT2D eigenvalue weighted by Crippen LogP contribution is -2.17. The van der Waals surface area contributed by atoms with Crippen LogP contribution in [0.4, 0.5) is 13.2 Å². The van der Waals surface area contributed by atoms with Crippen LogP contribution in [0.3, 0.4) is 0 Å². The van der Waals surface area contributed by atoms with Crippen LogP contribution in [0, 0.1) is 5.92 Å². The predicted octanol–water partition coefficient (Wildman–Crippen LogP) is 3.89. The number of hydrogen-bond acceptors (Lipinski definition) is 3. The predicted molar refractivity (Wildman–Crippen MR) is 63.7 cm³/mol. The number of halogens is 3. The number of nitrogens with zero attached hydrogens (tertiary/aromatic N) is 1. The quantitative estimate of drug-likeness (QED) is 0.602. The summed E-state index contributed by atoms with van der Waals surface area (Å²) in [5.41, 5.74) is 0.576. The van der Waals surface area contributed by atoms with Crippen LogP contribution in [-0.4, -0.2) is 12.6 Å². The van der Waals surface area contributed by atoms with E-state index in [1.807, 2.05) is 0 Å². The number of rotatable bonds is 5. The van der Waals surface area contributed by atoms with E-state index in [1.54, 1.807) is 12.3 Å². The van der Waals surface area contributed by atoms with E-state index in [4.69, 9.17) is 4.84 Å². The average Bonchev–Trinajstić information content (AvgIpc) is 2.24. The molecule has 0 N–H and O–H groups in total. The Morgan fingerprint density at radius 2 is 2.11 bits per heavy atom. The van der Waals surface area contributed by atoms with Crippen molar-refractivity contribution in [2.45, 2.75) is 32.2 Å². The third-order valence-corrected chi connectivity index (χ3v) is 2.86. The number of ether oxygens (including phenoxy) is 1. The highest BCUT2D eigenvalue weighted by atomic mass is 19.4. The van der Waals surface area contributed by atoms with Gasteiger partial charge in [0.2, 0.25) is 0 Å². The first-order chi connectivity index (χ1) is 9.03. The monoisotopic (exact) mass is 273 g/mol. The van der Waals surface area contributed by atoms with Crippen molar-refractivity contribution in [1.29, 1.82) is 0 Å². The maximum Gasteiger partial charge on any atom is 0.573 e. The van der Waals surface area contributed by atoms with Crippen molar-refractivity contribution >= 4 is 6.21 Å². The second-order valence-electron chi connectivity index (χ2n) is 4.41. The molecule has 3 nitrogen and oxygen atoms in total. The van der Waals surface area contributed by atoms with Gasteiger partial charge in [-0.3, -0.25) is 0 Å². The van der Waals surface area contributed by atoms with Gasteiger partial charge in [0.15, 0.2) is 0 Å². The van der Waals surface area contributed by atoms with Crippen LogP contribution in [0.1, 0.15) is 24.8 Å². The molecule has 1 aliphatic rings. The molecular formula is C13H14F3NO2. The zero-order valence-electron chi connectivity index (χ0n) is 10.2. The Hall–Kier alpha value is -1.72. The smallest absolute Gasteiger partial charge is 0.406 e. The van der Waals surface area contributed by atoms with E-state index in [0.29, 0.717) is 11.5 Å². The summed E-state index contributed by atoms with van der Waals surface area (Å²) in [6.07, 6.45) is 0.540. The van der Waals surface area contributed by atoms with Gasteiger partial charge >= 0.3 is 6.36 Å². The van der Waals surface area contributed by atoms with Gasteiger partial charge in [-0.25, -0.2) is 0 Å². The normalized spacial score (nSPS) is 16.4. The molecular weight excluding hydrogens is 259 g/mol. The highest BCUT2D eigenvalue weighted by Crippen LogP contribution is 2.25. The van der Waals surface area contributed by atoms with E-state index < -0.39 is 6.36 Å². The SMILES string of the molecule is FC(F)(F)Oc1cccc(CON=CC2CCC2)c1. The van der Waals surface area contributed by atoms with Crippen LogP contribution < -0.4 is 4.74 Å². The topological polar surface area (TPSA) is 30.8 Å². The second kappa shape index (κ2) is 5.95. The standard InChI is InChI=1S/C13H14F3NO2/c14-13(15,16)19-12-6-2-5-11(7-12)9-18-17-8-10-3-1-4-10/h2,5-8,10H,1,3-4,9H2. The third-order valence-electron chi connectivity index (χ3n) is 2.86. The maximum atomic E-state index is 12.0. The molecule has 6 heteroatoms. The van der Waals surface area contributed by atoms with Gasteiger partial charge in [-0.2, -0.15) is 0 Å². The summed E-state index contributed by atoms with van der Waals surface area (Å²) in [6, 6.07) is 5.67. The van der Waals surface area contributed by atoms with Crippen LogP contribution in [0.5, 0.6) is 5.75 Å². The van der Waals surface area contributed by atoms with Crippen molar-refractivity contribution in [1.82, 2.24) is 0 Å². The lowest BCUT2D eigenvalue weighted by molar-refractivity contribution is -0.274. The van der Waals surface area contributed by atoms with Crippen LogP contribution in [-0.2, 0) is 11.4 Å². The number of oxime groups is 1. The molecule has 19 heavy (non-hydrogen) atoms. The Kier molecular flexibility index (Phi) is 4.29. The zero-order chi connectivity index (χ0) is 13.7. The van der Waals surface area contributed by atoms with Gasteiger partial charge in [-0.1, -0.05) is 23.7 Å². The summed E-state index contributed by atoms with van der Waals surface area (Å²) in [7, 11) is 0. The van der Waals surface area contributed by atoms with Crippen molar-refractivity contribution in [3.8, 4) is 5.75 Å². The van der Waals surface area contributed by atoms with Gasteiger partial charge in [-0.05, 0) is 36.5 Å². The molecule has 0 heterocycles. The van der Waals surface area contributed by atoms with Crippen LogP contribution >= 0.6 is 0 Å². The molecule has 0 aliphatic heterocycles. The van der Waals surface area contributed by atoms with Crippen LogP contribution in [0.2, 0.25) is 0 Å². The fourth-order valence-corrected chi connectivity index (χ4v) is 1.66. The molecule has 0 amide bonds. The lowest BCUT2D eigenvalue weighted by atomic mass is 9.87. The Balaban J connectivity index is 1.82. The Morgan fingerprint density at radius 1 is 1.32 bits per heavy atom. The van der Waals surface area contributed by atoms with Gasteiger partial charge in [0.25, 0.3) is 0 Å². The van der Waals surface area contributed by atoms with Crippen molar-refractivity contribution in [3.05, 3.63) is 29.8 Å². The fourth-order valence-electron chi connectivity index (χ4n) is 1.66. The van der Waals surface area contributed by atoms with E-state index in [2.05, 4.69) is 9.89 Å². The highest BCUT2D eigenvalue weighted by molar-refractivity contribution is 5.60. The molecule has 0 saturated heterocycles. The third kappa shape index (κ3) is 4.81. The first-order valence-electron chi connectivity index (χ1n) is 6.03. The minimum Gasteiger partial charge on any atom is -0.406 e. The first kappa shape index (κ1) is 13.7. The van der Waals surface area contributed by atoms with E-state index in [0.717, 1.165) is 12.8 Å². The average molecular weight is 273 g/mol. The van der Waals surface area contributed by atoms with Gasteiger partial charge in [0.1, 0.15) is 12.4 Å². The number of benzene rings is 1. The summed E-state index contributed by atoms with van der Waals surface area (Å²) in [6.45, 7) is 0.123.